The van der Waals surface area contributed by atoms with Crippen LogP contribution >= 0.6 is 0 Å². The highest BCUT2D eigenvalue weighted by atomic mass is 15.3. The molecule has 2 rings (SSSR count). The molecule has 3 nitrogen and oxygen atoms in total. The Morgan fingerprint density at radius 2 is 2.42 bits per heavy atom. The lowest BCUT2D eigenvalue weighted by molar-refractivity contribution is 0.340. The summed E-state index contributed by atoms with van der Waals surface area (Å²) in [5.41, 5.74) is 1.15. The Balaban J connectivity index is 2.04. The third-order valence-corrected chi connectivity index (χ3v) is 2.79. The fourth-order valence-electron chi connectivity index (χ4n) is 2.11. The standard InChI is InChI=1S/C9H15N3/c1-7-3-2-4-8(5-7)9-6-10-12-11-9/h6-8H,2-5H2,1H3,(H,10,11,12)/t7-,8+/m1/s1. The van der Waals surface area contributed by atoms with Crippen molar-refractivity contribution in [2.45, 2.75) is 38.5 Å². The number of hydrogen-bond acceptors (Lipinski definition) is 2. The maximum atomic E-state index is 4.14. The predicted molar refractivity (Wildman–Crippen MR) is 46.8 cm³/mol. The van der Waals surface area contributed by atoms with Gasteiger partial charge in [-0.3, -0.25) is 0 Å². The number of nitrogens with one attached hydrogen (secondary N) is 1. The second-order valence-corrected chi connectivity index (χ2v) is 3.86. The van der Waals surface area contributed by atoms with Crippen molar-refractivity contribution >= 4 is 0 Å². The molecular formula is C9H15N3. The van der Waals surface area contributed by atoms with Gasteiger partial charge in [0.05, 0.1) is 11.9 Å². The molecule has 1 N–H and O–H groups in total. The van der Waals surface area contributed by atoms with Crippen LogP contribution in [0.15, 0.2) is 6.20 Å². The molecule has 0 aromatic carbocycles. The van der Waals surface area contributed by atoms with Gasteiger partial charge in [0, 0.05) is 5.92 Å². The average molecular weight is 165 g/mol. The van der Waals surface area contributed by atoms with Gasteiger partial charge in [-0.15, -0.1) is 0 Å². The van der Waals surface area contributed by atoms with Crippen molar-refractivity contribution in [3.05, 3.63) is 11.9 Å². The smallest absolute Gasteiger partial charge is 0.0855 e. The van der Waals surface area contributed by atoms with Crippen LogP contribution in [0.25, 0.3) is 0 Å². The Morgan fingerprint density at radius 3 is 3.08 bits per heavy atom. The van der Waals surface area contributed by atoms with Crippen molar-refractivity contribution in [2.75, 3.05) is 0 Å². The summed E-state index contributed by atoms with van der Waals surface area (Å²) in [6.45, 7) is 2.33. The molecule has 0 saturated heterocycles. The topological polar surface area (TPSA) is 41.6 Å². The van der Waals surface area contributed by atoms with Crippen molar-refractivity contribution in [1.82, 2.24) is 15.4 Å². The third kappa shape index (κ3) is 1.49. The lowest BCUT2D eigenvalue weighted by atomic mass is 9.81. The van der Waals surface area contributed by atoms with E-state index in [2.05, 4.69) is 22.3 Å². The zero-order chi connectivity index (χ0) is 8.39. The van der Waals surface area contributed by atoms with E-state index in [1.165, 1.54) is 25.7 Å². The number of aromatic nitrogens is 3. The van der Waals surface area contributed by atoms with Crippen LogP contribution < -0.4 is 0 Å². The number of aromatic amines is 1. The molecule has 1 aliphatic rings. The van der Waals surface area contributed by atoms with Gasteiger partial charge in [-0.05, 0) is 18.8 Å². The molecule has 0 unspecified atom stereocenters. The molecule has 1 aromatic rings. The first-order chi connectivity index (χ1) is 5.86. The van der Waals surface area contributed by atoms with E-state index < -0.39 is 0 Å². The molecule has 12 heavy (non-hydrogen) atoms. The van der Waals surface area contributed by atoms with E-state index in [0.29, 0.717) is 5.92 Å². The predicted octanol–water partition coefficient (Wildman–Crippen LogP) is 2.10. The largest absolute Gasteiger partial charge is 0.198 e. The van der Waals surface area contributed by atoms with Crippen molar-refractivity contribution in [1.29, 1.82) is 0 Å². The van der Waals surface area contributed by atoms with Gasteiger partial charge in [-0.2, -0.15) is 15.4 Å². The zero-order valence-corrected chi connectivity index (χ0v) is 7.45. The van der Waals surface area contributed by atoms with Gasteiger partial charge in [0.25, 0.3) is 0 Å². The minimum Gasteiger partial charge on any atom is -0.198 e. The second-order valence-electron chi connectivity index (χ2n) is 3.86. The summed E-state index contributed by atoms with van der Waals surface area (Å²) in [4.78, 5) is 0. The van der Waals surface area contributed by atoms with E-state index in [1.807, 2.05) is 6.20 Å². The molecule has 0 bridgehead atoms. The molecule has 0 amide bonds. The molecule has 1 saturated carbocycles. The number of H-pyrrole nitrogens is 1. The van der Waals surface area contributed by atoms with Crippen LogP contribution in [-0.2, 0) is 0 Å². The van der Waals surface area contributed by atoms with Crippen LogP contribution in [0.1, 0.15) is 44.2 Å². The Labute approximate surface area is 72.6 Å². The first kappa shape index (κ1) is 7.77. The van der Waals surface area contributed by atoms with E-state index in [9.17, 15) is 0 Å². The number of hydrogen-bond donors (Lipinski definition) is 1. The van der Waals surface area contributed by atoms with Crippen molar-refractivity contribution < 1.29 is 0 Å². The van der Waals surface area contributed by atoms with Crippen LogP contribution in [0.4, 0.5) is 0 Å². The van der Waals surface area contributed by atoms with Crippen LogP contribution in [0.5, 0.6) is 0 Å². The second kappa shape index (κ2) is 3.25. The van der Waals surface area contributed by atoms with Crippen LogP contribution in [0, 0.1) is 5.92 Å². The highest BCUT2D eigenvalue weighted by Gasteiger charge is 2.21. The Morgan fingerprint density at radius 1 is 1.50 bits per heavy atom. The van der Waals surface area contributed by atoms with E-state index in [4.69, 9.17) is 0 Å². The molecule has 1 aliphatic carbocycles. The SMILES string of the molecule is C[C@@H]1CCC[C@H](c2cn[nH]n2)C1. The van der Waals surface area contributed by atoms with Crippen molar-refractivity contribution in [3.8, 4) is 0 Å². The molecule has 2 atom stereocenters. The molecule has 0 spiro atoms. The molecular weight excluding hydrogens is 150 g/mol. The quantitative estimate of drug-likeness (QED) is 0.692. The summed E-state index contributed by atoms with van der Waals surface area (Å²) in [5.74, 6) is 1.52. The Hall–Kier alpha value is -0.860. The van der Waals surface area contributed by atoms with Gasteiger partial charge >= 0.3 is 0 Å². The Bertz CT molecular complexity index is 230. The molecule has 1 fully saturated rings. The monoisotopic (exact) mass is 165 g/mol. The maximum Gasteiger partial charge on any atom is 0.0855 e. The summed E-state index contributed by atoms with van der Waals surface area (Å²) in [5, 5.41) is 10.7. The van der Waals surface area contributed by atoms with Crippen molar-refractivity contribution in [2.24, 2.45) is 5.92 Å². The van der Waals surface area contributed by atoms with E-state index in [-0.39, 0.29) is 0 Å². The van der Waals surface area contributed by atoms with Crippen LogP contribution in [-0.4, -0.2) is 15.4 Å². The zero-order valence-electron chi connectivity index (χ0n) is 7.45. The molecule has 1 aromatic heterocycles. The van der Waals surface area contributed by atoms with Crippen LogP contribution in [0.3, 0.4) is 0 Å². The van der Waals surface area contributed by atoms with Gasteiger partial charge in [0.2, 0.25) is 0 Å². The average Bonchev–Trinajstić information content (AvgIpc) is 2.56. The summed E-state index contributed by atoms with van der Waals surface area (Å²) in [6, 6.07) is 0. The van der Waals surface area contributed by atoms with Gasteiger partial charge < -0.3 is 0 Å². The minimum atomic E-state index is 0.660. The lowest BCUT2D eigenvalue weighted by Gasteiger charge is -2.24. The molecule has 0 aliphatic heterocycles. The highest BCUT2D eigenvalue weighted by molar-refractivity contribution is 5.02. The number of nitrogens with zero attached hydrogens (tertiary/aromatic N) is 2. The van der Waals surface area contributed by atoms with E-state index in [0.717, 1.165) is 11.6 Å². The third-order valence-electron chi connectivity index (χ3n) is 2.79. The number of rotatable bonds is 1. The summed E-state index contributed by atoms with van der Waals surface area (Å²) >= 11 is 0. The van der Waals surface area contributed by atoms with Crippen LogP contribution in [0.2, 0.25) is 0 Å². The highest BCUT2D eigenvalue weighted by Crippen LogP contribution is 2.34. The van der Waals surface area contributed by atoms with E-state index >= 15 is 0 Å². The normalized spacial score (nSPS) is 30.4. The maximum absolute atomic E-state index is 4.14. The lowest BCUT2D eigenvalue weighted by Crippen LogP contribution is -2.11. The summed E-state index contributed by atoms with van der Waals surface area (Å²) in [6.07, 6.45) is 7.17. The molecule has 0 radical (unpaired) electrons. The van der Waals surface area contributed by atoms with Gasteiger partial charge in [0.15, 0.2) is 0 Å². The molecule has 1 heterocycles. The fraction of sp³-hybridized carbons (Fsp3) is 0.778. The first-order valence-corrected chi connectivity index (χ1v) is 4.72. The molecule has 3 heteroatoms. The first-order valence-electron chi connectivity index (χ1n) is 4.72. The summed E-state index contributed by atoms with van der Waals surface area (Å²) < 4.78 is 0. The fourth-order valence-corrected chi connectivity index (χ4v) is 2.11. The Kier molecular flexibility index (Phi) is 2.11. The van der Waals surface area contributed by atoms with E-state index in [1.54, 1.807) is 0 Å². The van der Waals surface area contributed by atoms with Gasteiger partial charge in [-0.1, -0.05) is 19.8 Å². The van der Waals surface area contributed by atoms with Gasteiger partial charge in [0.1, 0.15) is 0 Å². The van der Waals surface area contributed by atoms with Crippen molar-refractivity contribution in [3.63, 3.8) is 0 Å². The van der Waals surface area contributed by atoms with Gasteiger partial charge in [-0.25, -0.2) is 0 Å². The summed E-state index contributed by atoms with van der Waals surface area (Å²) in [7, 11) is 0. The molecule has 66 valence electrons. The minimum absolute atomic E-state index is 0.660.